The molecule has 4 N–H and O–H groups in total. The van der Waals surface area contributed by atoms with Crippen LogP contribution in [0.2, 0.25) is 0 Å². The fraction of sp³-hybridized carbons (Fsp3) is 0.364. The third-order valence-electron chi connectivity index (χ3n) is 2.70. The normalized spacial score (nSPS) is 15.8. The topological polar surface area (TPSA) is 69.1 Å². The zero-order chi connectivity index (χ0) is 15.9. The van der Waals surface area contributed by atoms with Crippen molar-refractivity contribution in [2.45, 2.75) is 24.8 Å². The molecule has 0 aliphatic rings. The number of nitrogens with two attached hydrogens (primary N) is 2. The minimum atomic E-state index is -5.01. The van der Waals surface area contributed by atoms with E-state index in [0.717, 1.165) is 6.92 Å². The van der Waals surface area contributed by atoms with Gasteiger partial charge < -0.3 is 11.5 Å². The van der Waals surface area contributed by atoms with Crippen molar-refractivity contribution in [1.82, 2.24) is 0 Å². The average Bonchev–Trinajstić information content (AvgIpc) is 2.25. The Morgan fingerprint density at radius 1 is 0.900 bits per heavy atom. The molecule has 0 radical (unpaired) electrons. The summed E-state index contributed by atoms with van der Waals surface area (Å²) in [4.78, 5) is 11.1. The van der Waals surface area contributed by atoms with Crippen LogP contribution < -0.4 is 11.5 Å². The molecule has 0 spiro atoms. The molecule has 0 saturated heterocycles. The number of amides is 1. The molecule has 1 atom stereocenters. The molecule has 20 heavy (non-hydrogen) atoms. The molecule has 0 bridgehead atoms. The summed E-state index contributed by atoms with van der Waals surface area (Å²) in [7, 11) is 0. The van der Waals surface area contributed by atoms with E-state index in [0.29, 0.717) is 12.1 Å². The smallest absolute Gasteiger partial charge is 0.368 e. The van der Waals surface area contributed by atoms with Crippen molar-refractivity contribution in [2.75, 3.05) is 0 Å². The molecule has 1 amide bonds. The summed E-state index contributed by atoms with van der Waals surface area (Å²) >= 11 is 0. The summed E-state index contributed by atoms with van der Waals surface area (Å²) in [5.74, 6) is -1.25. The lowest BCUT2D eigenvalue weighted by Gasteiger charge is -2.23. The van der Waals surface area contributed by atoms with Crippen molar-refractivity contribution in [2.24, 2.45) is 11.5 Å². The van der Waals surface area contributed by atoms with Gasteiger partial charge in [-0.2, -0.15) is 26.3 Å². The molecule has 1 aromatic carbocycles. The van der Waals surface area contributed by atoms with Gasteiger partial charge in [0.05, 0.1) is 11.1 Å². The number of rotatable bonds is 2. The van der Waals surface area contributed by atoms with Crippen LogP contribution in [-0.2, 0) is 22.7 Å². The first-order valence-electron chi connectivity index (χ1n) is 5.15. The van der Waals surface area contributed by atoms with E-state index >= 15 is 0 Å². The van der Waals surface area contributed by atoms with E-state index in [2.05, 4.69) is 0 Å². The Morgan fingerprint density at radius 3 is 1.45 bits per heavy atom. The molecule has 0 aliphatic heterocycles. The highest BCUT2D eigenvalue weighted by molar-refractivity contribution is 5.85. The fourth-order valence-electron chi connectivity index (χ4n) is 1.40. The highest BCUT2D eigenvalue weighted by Crippen LogP contribution is 2.37. The molecule has 9 heteroatoms. The molecule has 1 unspecified atom stereocenters. The van der Waals surface area contributed by atoms with Crippen LogP contribution in [-0.4, -0.2) is 5.91 Å². The third kappa shape index (κ3) is 3.21. The quantitative estimate of drug-likeness (QED) is 0.823. The van der Waals surface area contributed by atoms with Gasteiger partial charge in [0, 0.05) is 0 Å². The largest absolute Gasteiger partial charge is 0.416 e. The maximum atomic E-state index is 12.6. The van der Waals surface area contributed by atoms with Crippen LogP contribution in [0.15, 0.2) is 18.2 Å². The van der Waals surface area contributed by atoms with Gasteiger partial charge in [0.15, 0.2) is 0 Å². The Kier molecular flexibility index (Phi) is 3.79. The summed E-state index contributed by atoms with van der Waals surface area (Å²) in [6, 6.07) is 0.695. The Bertz CT molecular complexity index is 500. The van der Waals surface area contributed by atoms with E-state index in [9.17, 15) is 31.1 Å². The summed E-state index contributed by atoms with van der Waals surface area (Å²) in [5.41, 5.74) is 4.37. The molecule has 0 aromatic heterocycles. The van der Waals surface area contributed by atoms with Gasteiger partial charge in [-0.1, -0.05) is 0 Å². The van der Waals surface area contributed by atoms with Crippen LogP contribution in [0.25, 0.3) is 0 Å². The Hall–Kier alpha value is -1.77. The van der Waals surface area contributed by atoms with Crippen molar-refractivity contribution >= 4 is 5.91 Å². The van der Waals surface area contributed by atoms with Gasteiger partial charge >= 0.3 is 12.4 Å². The Balaban J connectivity index is 3.59. The molecule has 0 aliphatic carbocycles. The van der Waals surface area contributed by atoms with E-state index in [1.54, 1.807) is 0 Å². The first-order chi connectivity index (χ1) is 8.76. The predicted molar refractivity (Wildman–Crippen MR) is 57.2 cm³/mol. The Labute approximate surface area is 109 Å². The summed E-state index contributed by atoms with van der Waals surface area (Å²) < 4.78 is 75.6. The second-order valence-corrected chi connectivity index (χ2v) is 4.36. The zero-order valence-electron chi connectivity index (χ0n) is 10.1. The number of hydrogen-bond acceptors (Lipinski definition) is 2. The maximum absolute atomic E-state index is 12.6. The number of hydrogen-bond donors (Lipinski definition) is 2. The minimum absolute atomic E-state index is 0.0550. The molecule has 1 aromatic rings. The molecule has 1 rings (SSSR count). The SMILES string of the molecule is CC(N)(C(N)=O)c1cc(C(F)(F)F)cc(C(F)(F)F)c1. The number of halogens is 6. The van der Waals surface area contributed by atoms with Crippen LogP contribution in [0.4, 0.5) is 26.3 Å². The second-order valence-electron chi connectivity index (χ2n) is 4.36. The van der Waals surface area contributed by atoms with Crippen LogP contribution in [0.5, 0.6) is 0 Å². The van der Waals surface area contributed by atoms with Gasteiger partial charge in [-0.25, -0.2) is 0 Å². The van der Waals surface area contributed by atoms with E-state index in [1.807, 2.05) is 0 Å². The predicted octanol–water partition coefficient (Wildman–Crippen LogP) is 2.38. The standard InChI is InChI=1S/C11H10F6N2O/c1-9(19,8(18)20)5-2-6(10(12,13)14)4-7(3-5)11(15,16)17/h2-4H,19H2,1H3,(H2,18,20). The van der Waals surface area contributed by atoms with Crippen molar-refractivity contribution < 1.29 is 31.1 Å². The third-order valence-corrected chi connectivity index (χ3v) is 2.70. The maximum Gasteiger partial charge on any atom is 0.416 e. The lowest BCUT2D eigenvalue weighted by Crippen LogP contribution is -2.46. The molecule has 112 valence electrons. The first kappa shape index (κ1) is 16.3. The Morgan fingerprint density at radius 2 is 1.20 bits per heavy atom. The van der Waals surface area contributed by atoms with E-state index in [1.165, 1.54) is 0 Å². The van der Waals surface area contributed by atoms with Gasteiger partial charge in [0.1, 0.15) is 5.54 Å². The second kappa shape index (κ2) is 4.65. The van der Waals surface area contributed by atoms with Crippen molar-refractivity contribution in [3.8, 4) is 0 Å². The van der Waals surface area contributed by atoms with Crippen LogP contribution >= 0.6 is 0 Å². The summed E-state index contributed by atoms with van der Waals surface area (Å²) in [6.45, 7) is 0.935. The highest BCUT2D eigenvalue weighted by Gasteiger charge is 2.39. The molecule has 0 saturated carbocycles. The summed E-state index contributed by atoms with van der Waals surface area (Å²) in [5, 5.41) is 0. The number of primary amides is 1. The van der Waals surface area contributed by atoms with Gasteiger partial charge in [-0.05, 0) is 30.7 Å². The van der Waals surface area contributed by atoms with E-state index in [-0.39, 0.29) is 6.07 Å². The molecular formula is C11H10F6N2O. The zero-order valence-corrected chi connectivity index (χ0v) is 10.1. The number of benzene rings is 1. The van der Waals surface area contributed by atoms with Crippen LogP contribution in [0.1, 0.15) is 23.6 Å². The van der Waals surface area contributed by atoms with E-state index in [4.69, 9.17) is 11.5 Å². The van der Waals surface area contributed by atoms with Crippen molar-refractivity contribution in [1.29, 1.82) is 0 Å². The fourth-order valence-corrected chi connectivity index (χ4v) is 1.40. The van der Waals surface area contributed by atoms with Gasteiger partial charge in [0.25, 0.3) is 0 Å². The van der Waals surface area contributed by atoms with Crippen LogP contribution in [0, 0.1) is 0 Å². The summed E-state index contributed by atoms with van der Waals surface area (Å²) in [6.07, 6.45) is -10.0. The van der Waals surface area contributed by atoms with Gasteiger partial charge in [0.2, 0.25) is 5.91 Å². The minimum Gasteiger partial charge on any atom is -0.368 e. The number of carbonyl (C=O) groups is 1. The molecule has 3 nitrogen and oxygen atoms in total. The van der Waals surface area contributed by atoms with Crippen LogP contribution in [0.3, 0.4) is 0 Å². The van der Waals surface area contributed by atoms with Gasteiger partial charge in [-0.3, -0.25) is 4.79 Å². The molecule has 0 fully saturated rings. The highest BCUT2D eigenvalue weighted by atomic mass is 19.4. The molecule has 0 heterocycles. The lowest BCUT2D eigenvalue weighted by molar-refractivity contribution is -0.143. The van der Waals surface area contributed by atoms with Gasteiger partial charge in [-0.15, -0.1) is 0 Å². The lowest BCUT2D eigenvalue weighted by atomic mass is 9.89. The monoisotopic (exact) mass is 300 g/mol. The van der Waals surface area contributed by atoms with Crippen molar-refractivity contribution in [3.63, 3.8) is 0 Å². The first-order valence-corrected chi connectivity index (χ1v) is 5.15. The number of alkyl halides is 6. The average molecular weight is 300 g/mol. The number of carbonyl (C=O) groups excluding carboxylic acids is 1. The molecular weight excluding hydrogens is 290 g/mol. The van der Waals surface area contributed by atoms with E-state index < -0.39 is 40.5 Å². The van der Waals surface area contributed by atoms with Crippen molar-refractivity contribution in [3.05, 3.63) is 34.9 Å².